The number of amides is 1. The predicted molar refractivity (Wildman–Crippen MR) is 58.3 cm³/mol. The lowest BCUT2D eigenvalue weighted by atomic mass is 10.3. The largest absolute Gasteiger partial charge is 0.365 e. The zero-order valence-electron chi connectivity index (χ0n) is 7.76. The maximum Gasteiger partial charge on any atom is 0.258 e. The smallest absolute Gasteiger partial charge is 0.258 e. The third-order valence-electron chi connectivity index (χ3n) is 1.75. The molecule has 2 rings (SSSR count). The fraction of sp³-hybridized carbons (Fsp3) is 0.125. The first-order valence-electron chi connectivity index (χ1n) is 3.98. The average molecular weight is 241 g/mol. The number of aromatic nitrogens is 2. The van der Waals surface area contributed by atoms with Crippen molar-refractivity contribution in [2.24, 2.45) is 5.73 Å². The molecule has 2 N–H and O–H groups in total. The molecule has 0 aliphatic heterocycles. The lowest BCUT2D eigenvalue weighted by Gasteiger charge is -1.92. The molecule has 0 bridgehead atoms. The second-order valence-electron chi connectivity index (χ2n) is 2.84. The van der Waals surface area contributed by atoms with Crippen LogP contribution in [0.25, 0.3) is 10.2 Å². The van der Waals surface area contributed by atoms with Gasteiger partial charge in [-0.1, -0.05) is 0 Å². The number of hydrogen-bond donors (Lipinski definition) is 1. The van der Waals surface area contributed by atoms with Crippen molar-refractivity contribution in [1.82, 2.24) is 9.97 Å². The minimum Gasteiger partial charge on any atom is -0.365 e. The fourth-order valence-corrected chi connectivity index (χ4v) is 2.41. The van der Waals surface area contributed by atoms with Crippen molar-refractivity contribution in [2.75, 3.05) is 6.26 Å². The van der Waals surface area contributed by atoms with Crippen molar-refractivity contribution in [3.8, 4) is 0 Å². The number of carbonyl (C=O) groups is 1. The Bertz CT molecular complexity index is 552. The third-order valence-corrected chi connectivity index (χ3v) is 3.52. The number of rotatable bonds is 2. The number of thiophene rings is 1. The van der Waals surface area contributed by atoms with Gasteiger partial charge in [0.25, 0.3) is 5.91 Å². The number of primary amides is 1. The van der Waals surface area contributed by atoms with Crippen molar-refractivity contribution in [3.63, 3.8) is 0 Å². The molecule has 5 nitrogen and oxygen atoms in total. The van der Waals surface area contributed by atoms with Gasteiger partial charge in [-0.3, -0.25) is 9.00 Å². The van der Waals surface area contributed by atoms with E-state index in [1.165, 1.54) is 17.6 Å². The summed E-state index contributed by atoms with van der Waals surface area (Å²) in [4.78, 5) is 20.0. The molecule has 0 saturated carbocycles. The highest BCUT2D eigenvalue weighted by atomic mass is 32.2. The normalized spacial score (nSPS) is 12.9. The van der Waals surface area contributed by atoms with Gasteiger partial charge in [0.15, 0.2) is 0 Å². The molecule has 2 heterocycles. The molecular formula is C8H7N3O2S2. The maximum atomic E-state index is 11.1. The van der Waals surface area contributed by atoms with E-state index in [9.17, 15) is 9.00 Å². The first kappa shape index (κ1) is 10.2. The molecule has 0 radical (unpaired) electrons. The van der Waals surface area contributed by atoms with Gasteiger partial charge in [0.1, 0.15) is 4.83 Å². The third kappa shape index (κ3) is 1.88. The van der Waals surface area contributed by atoms with Gasteiger partial charge >= 0.3 is 0 Å². The summed E-state index contributed by atoms with van der Waals surface area (Å²) >= 11 is 1.18. The Morgan fingerprint density at radius 3 is 2.93 bits per heavy atom. The summed E-state index contributed by atoms with van der Waals surface area (Å²) in [6.07, 6.45) is 3.05. The molecule has 1 unspecified atom stereocenters. The average Bonchev–Trinajstić information content (AvgIpc) is 2.59. The molecule has 0 fully saturated rings. The minimum absolute atomic E-state index is 0.264. The fourth-order valence-electron chi connectivity index (χ4n) is 1.08. The van der Waals surface area contributed by atoms with Crippen LogP contribution >= 0.6 is 11.3 Å². The molecule has 0 saturated heterocycles. The van der Waals surface area contributed by atoms with Gasteiger partial charge in [0, 0.05) is 17.8 Å². The van der Waals surface area contributed by atoms with Crippen molar-refractivity contribution >= 4 is 38.3 Å². The van der Waals surface area contributed by atoms with Crippen molar-refractivity contribution in [2.45, 2.75) is 5.16 Å². The monoisotopic (exact) mass is 241 g/mol. The summed E-state index contributed by atoms with van der Waals surface area (Å²) in [5.41, 5.74) is 5.14. The molecule has 2 aromatic heterocycles. The minimum atomic E-state index is -1.22. The molecule has 0 aromatic carbocycles. The van der Waals surface area contributed by atoms with E-state index in [1.807, 2.05) is 0 Å². The number of fused-ring (bicyclic) bond motifs is 1. The summed E-state index contributed by atoms with van der Waals surface area (Å²) in [5.74, 6) is -0.489. The molecule has 1 amide bonds. The van der Waals surface area contributed by atoms with Crippen LogP contribution in [-0.4, -0.2) is 26.3 Å². The summed E-state index contributed by atoms with van der Waals surface area (Å²) in [6, 6.07) is 1.63. The number of carbonyl (C=O) groups excluding carboxylic acids is 1. The summed E-state index contributed by atoms with van der Waals surface area (Å²) in [6.45, 7) is 0. The van der Waals surface area contributed by atoms with Gasteiger partial charge in [0.2, 0.25) is 5.16 Å². The van der Waals surface area contributed by atoms with Crippen LogP contribution in [0.4, 0.5) is 0 Å². The van der Waals surface area contributed by atoms with E-state index in [0.717, 1.165) is 5.39 Å². The lowest BCUT2D eigenvalue weighted by Crippen LogP contribution is -2.07. The number of nitrogens with zero attached hydrogens (tertiary/aromatic N) is 2. The summed E-state index contributed by atoms with van der Waals surface area (Å²) < 4.78 is 11.1. The standard InChI is InChI=1S/C8H7N3O2S2/c1-15(13)8-10-3-4-2-5(6(9)12)14-7(4)11-8/h2-3H,1H3,(H2,9,12). The molecule has 1 atom stereocenters. The first-order valence-corrected chi connectivity index (χ1v) is 6.35. The second kappa shape index (κ2) is 3.67. The molecule has 15 heavy (non-hydrogen) atoms. The zero-order valence-corrected chi connectivity index (χ0v) is 9.39. The van der Waals surface area contributed by atoms with Crippen LogP contribution in [0.1, 0.15) is 9.67 Å². The van der Waals surface area contributed by atoms with E-state index in [-0.39, 0.29) is 5.16 Å². The van der Waals surface area contributed by atoms with Gasteiger partial charge in [-0.05, 0) is 6.07 Å². The van der Waals surface area contributed by atoms with E-state index in [2.05, 4.69) is 9.97 Å². The highest BCUT2D eigenvalue weighted by Crippen LogP contribution is 2.23. The molecular weight excluding hydrogens is 234 g/mol. The van der Waals surface area contributed by atoms with E-state index in [4.69, 9.17) is 5.73 Å². The number of nitrogens with two attached hydrogens (primary N) is 1. The van der Waals surface area contributed by atoms with Crippen LogP contribution in [-0.2, 0) is 10.8 Å². The van der Waals surface area contributed by atoms with Crippen molar-refractivity contribution in [1.29, 1.82) is 0 Å². The molecule has 7 heteroatoms. The highest BCUT2D eigenvalue weighted by Gasteiger charge is 2.10. The first-order chi connectivity index (χ1) is 7.08. The van der Waals surface area contributed by atoms with Crippen LogP contribution in [0, 0.1) is 0 Å². The van der Waals surface area contributed by atoms with Gasteiger partial charge in [-0.15, -0.1) is 11.3 Å². The SMILES string of the molecule is CS(=O)c1ncc2cc(C(N)=O)sc2n1. The maximum absolute atomic E-state index is 11.1. The lowest BCUT2D eigenvalue weighted by molar-refractivity contribution is 0.100. The highest BCUT2D eigenvalue weighted by molar-refractivity contribution is 7.84. The Hall–Kier alpha value is -1.34. The Morgan fingerprint density at radius 2 is 2.33 bits per heavy atom. The molecule has 0 spiro atoms. The van der Waals surface area contributed by atoms with Crippen LogP contribution < -0.4 is 5.73 Å². The molecule has 0 aliphatic rings. The van der Waals surface area contributed by atoms with Crippen molar-refractivity contribution < 1.29 is 9.00 Å². The summed E-state index contributed by atoms with van der Waals surface area (Å²) in [7, 11) is -1.22. The molecule has 2 aromatic rings. The van der Waals surface area contributed by atoms with Crippen LogP contribution in [0.15, 0.2) is 17.4 Å². The molecule has 78 valence electrons. The van der Waals surface area contributed by atoms with E-state index in [1.54, 1.807) is 12.3 Å². The zero-order chi connectivity index (χ0) is 11.0. The second-order valence-corrected chi connectivity index (χ2v) is 5.15. The van der Waals surface area contributed by atoms with Gasteiger partial charge < -0.3 is 5.73 Å². The van der Waals surface area contributed by atoms with Gasteiger partial charge in [-0.25, -0.2) is 9.97 Å². The Morgan fingerprint density at radius 1 is 1.60 bits per heavy atom. The van der Waals surface area contributed by atoms with E-state index in [0.29, 0.717) is 9.71 Å². The predicted octanol–water partition coefficient (Wildman–Crippen LogP) is 0.528. The van der Waals surface area contributed by atoms with E-state index >= 15 is 0 Å². The molecule has 0 aliphatic carbocycles. The van der Waals surface area contributed by atoms with Crippen molar-refractivity contribution in [3.05, 3.63) is 17.1 Å². The number of hydrogen-bond acceptors (Lipinski definition) is 5. The Balaban J connectivity index is 2.62. The Kier molecular flexibility index (Phi) is 2.49. The van der Waals surface area contributed by atoms with E-state index < -0.39 is 16.7 Å². The van der Waals surface area contributed by atoms with Crippen LogP contribution in [0.3, 0.4) is 0 Å². The van der Waals surface area contributed by atoms with Gasteiger partial charge in [-0.2, -0.15) is 0 Å². The van der Waals surface area contributed by atoms with Gasteiger partial charge in [0.05, 0.1) is 15.7 Å². The van der Waals surface area contributed by atoms with Crippen LogP contribution in [0.2, 0.25) is 0 Å². The summed E-state index contributed by atoms with van der Waals surface area (Å²) in [5, 5.41) is 1.00. The Labute approximate surface area is 91.8 Å². The quantitative estimate of drug-likeness (QED) is 0.777. The topological polar surface area (TPSA) is 85.9 Å². The van der Waals surface area contributed by atoms with Crippen LogP contribution in [0.5, 0.6) is 0 Å².